The van der Waals surface area contributed by atoms with E-state index in [4.69, 9.17) is 10.5 Å². The lowest BCUT2D eigenvalue weighted by atomic mass is 10.2. The number of hydrogen-bond acceptors (Lipinski definition) is 4. The molecule has 0 bridgehead atoms. The Labute approximate surface area is 126 Å². The Kier molecular flexibility index (Phi) is 4.73. The highest BCUT2D eigenvalue weighted by Crippen LogP contribution is 2.15. The van der Waals surface area contributed by atoms with Crippen LogP contribution in [0.4, 0.5) is 10.5 Å². The molecule has 1 saturated heterocycles. The van der Waals surface area contributed by atoms with Crippen LogP contribution in [0, 0.1) is 0 Å². The number of nitrogens with one attached hydrogen (secondary N) is 1. The Morgan fingerprint density at radius 1 is 1.38 bits per heavy atom. The zero-order valence-corrected chi connectivity index (χ0v) is 13.1. The van der Waals surface area contributed by atoms with Gasteiger partial charge >= 0.3 is 6.09 Å². The second-order valence-corrected chi connectivity index (χ2v) is 6.61. The van der Waals surface area contributed by atoms with Crippen molar-refractivity contribution in [3.8, 4) is 0 Å². The third-order valence-electron chi connectivity index (χ3n) is 3.38. The highest BCUT2D eigenvalue weighted by atomic mass is 16.6. The van der Waals surface area contributed by atoms with E-state index < -0.39 is 5.60 Å². The number of ether oxygens (including phenoxy) is 1. The first-order chi connectivity index (χ1) is 9.82. The summed E-state index contributed by atoms with van der Waals surface area (Å²) in [6, 6.07) is 8.09. The molecule has 0 saturated carbocycles. The standard InChI is InChI=1S/C16H25N3O2/c1-16(2,3)21-15(20)18-14-8-9-19(11-14)10-12-4-6-13(17)7-5-12/h4-7,14H,8-11,17H2,1-3H3,(H,18,20). The summed E-state index contributed by atoms with van der Waals surface area (Å²) >= 11 is 0. The molecule has 1 atom stereocenters. The maximum atomic E-state index is 11.8. The van der Waals surface area contributed by atoms with Crippen LogP contribution in [0.15, 0.2) is 24.3 Å². The SMILES string of the molecule is CC(C)(C)OC(=O)NC1CCN(Cc2ccc(N)cc2)C1. The normalized spacial score (nSPS) is 19.5. The monoisotopic (exact) mass is 291 g/mol. The van der Waals surface area contributed by atoms with Crippen molar-refractivity contribution in [2.24, 2.45) is 0 Å². The molecule has 5 nitrogen and oxygen atoms in total. The second kappa shape index (κ2) is 6.35. The number of nitrogen functional groups attached to an aromatic ring is 1. The van der Waals surface area contributed by atoms with E-state index >= 15 is 0 Å². The zero-order chi connectivity index (χ0) is 15.5. The minimum absolute atomic E-state index is 0.161. The summed E-state index contributed by atoms with van der Waals surface area (Å²) in [5, 5.41) is 2.94. The first-order valence-corrected chi connectivity index (χ1v) is 7.38. The number of alkyl carbamates (subject to hydrolysis) is 1. The van der Waals surface area contributed by atoms with Gasteiger partial charge in [-0.25, -0.2) is 4.79 Å². The molecule has 0 aliphatic carbocycles. The predicted octanol–water partition coefficient (Wildman–Crippen LogP) is 2.37. The average molecular weight is 291 g/mol. The highest BCUT2D eigenvalue weighted by Gasteiger charge is 2.25. The van der Waals surface area contributed by atoms with Gasteiger partial charge in [-0.05, 0) is 44.9 Å². The first-order valence-electron chi connectivity index (χ1n) is 7.38. The summed E-state index contributed by atoms with van der Waals surface area (Å²) in [6.45, 7) is 8.32. The van der Waals surface area contributed by atoms with Gasteiger partial charge in [-0.15, -0.1) is 0 Å². The maximum absolute atomic E-state index is 11.8. The lowest BCUT2D eigenvalue weighted by molar-refractivity contribution is 0.0506. The summed E-state index contributed by atoms with van der Waals surface area (Å²) in [5.41, 5.74) is 7.26. The summed E-state index contributed by atoms with van der Waals surface area (Å²) in [7, 11) is 0. The summed E-state index contributed by atoms with van der Waals surface area (Å²) in [6.07, 6.45) is 0.621. The van der Waals surface area contributed by atoms with Gasteiger partial charge in [-0.3, -0.25) is 4.90 Å². The third-order valence-corrected chi connectivity index (χ3v) is 3.38. The molecule has 21 heavy (non-hydrogen) atoms. The molecule has 1 heterocycles. The van der Waals surface area contributed by atoms with E-state index in [9.17, 15) is 4.79 Å². The first kappa shape index (κ1) is 15.6. The van der Waals surface area contributed by atoms with E-state index in [2.05, 4.69) is 10.2 Å². The topological polar surface area (TPSA) is 67.6 Å². The Morgan fingerprint density at radius 2 is 2.05 bits per heavy atom. The fraction of sp³-hybridized carbons (Fsp3) is 0.562. The van der Waals surface area contributed by atoms with Crippen LogP contribution in [0.5, 0.6) is 0 Å². The molecule has 0 aromatic heterocycles. The predicted molar refractivity (Wildman–Crippen MR) is 83.9 cm³/mol. The van der Waals surface area contributed by atoms with Crippen LogP contribution in [-0.4, -0.2) is 35.7 Å². The van der Waals surface area contributed by atoms with Gasteiger partial charge in [0, 0.05) is 31.4 Å². The second-order valence-electron chi connectivity index (χ2n) is 6.61. The van der Waals surface area contributed by atoms with Crippen molar-refractivity contribution in [1.29, 1.82) is 0 Å². The van der Waals surface area contributed by atoms with Gasteiger partial charge in [0.05, 0.1) is 0 Å². The highest BCUT2D eigenvalue weighted by molar-refractivity contribution is 5.68. The van der Waals surface area contributed by atoms with E-state index in [0.29, 0.717) is 0 Å². The molecule has 3 N–H and O–H groups in total. The molecule has 1 aliphatic rings. The number of nitrogens with two attached hydrogens (primary N) is 1. The molecule has 1 aromatic carbocycles. The molecule has 0 radical (unpaired) electrons. The summed E-state index contributed by atoms with van der Waals surface area (Å²) in [4.78, 5) is 14.1. The van der Waals surface area contributed by atoms with Gasteiger partial charge in [0.25, 0.3) is 0 Å². The van der Waals surface area contributed by atoms with E-state index in [1.165, 1.54) is 5.56 Å². The molecular weight excluding hydrogens is 266 g/mol. The molecule has 1 fully saturated rings. The maximum Gasteiger partial charge on any atom is 0.407 e. The quantitative estimate of drug-likeness (QED) is 0.839. The van der Waals surface area contributed by atoms with E-state index in [1.54, 1.807) is 0 Å². The number of hydrogen-bond donors (Lipinski definition) is 2. The van der Waals surface area contributed by atoms with Crippen LogP contribution in [0.25, 0.3) is 0 Å². The van der Waals surface area contributed by atoms with Gasteiger partial charge in [0.1, 0.15) is 5.60 Å². The van der Waals surface area contributed by atoms with Crippen molar-refractivity contribution in [3.63, 3.8) is 0 Å². The molecular formula is C16H25N3O2. The minimum atomic E-state index is -0.452. The van der Waals surface area contributed by atoms with Crippen molar-refractivity contribution in [3.05, 3.63) is 29.8 Å². The summed E-state index contributed by atoms with van der Waals surface area (Å²) in [5.74, 6) is 0. The van der Waals surface area contributed by atoms with Gasteiger partial charge in [0.2, 0.25) is 0 Å². The molecule has 1 aromatic rings. The molecule has 1 aliphatic heterocycles. The number of carbonyl (C=O) groups is 1. The minimum Gasteiger partial charge on any atom is -0.444 e. The van der Waals surface area contributed by atoms with Crippen molar-refractivity contribution in [2.45, 2.75) is 45.4 Å². The Bertz CT molecular complexity index is 479. The number of amides is 1. The van der Waals surface area contributed by atoms with E-state index in [-0.39, 0.29) is 12.1 Å². The van der Waals surface area contributed by atoms with Crippen LogP contribution < -0.4 is 11.1 Å². The van der Waals surface area contributed by atoms with Crippen LogP contribution >= 0.6 is 0 Å². The zero-order valence-electron chi connectivity index (χ0n) is 13.1. The molecule has 2 rings (SSSR count). The van der Waals surface area contributed by atoms with Gasteiger partial charge in [-0.1, -0.05) is 12.1 Å². The van der Waals surface area contributed by atoms with Crippen molar-refractivity contribution in [1.82, 2.24) is 10.2 Å². The average Bonchev–Trinajstić information content (AvgIpc) is 2.77. The fourth-order valence-electron chi connectivity index (χ4n) is 2.45. The molecule has 1 amide bonds. The van der Waals surface area contributed by atoms with Gasteiger partial charge in [-0.2, -0.15) is 0 Å². The Morgan fingerprint density at radius 3 is 2.67 bits per heavy atom. The van der Waals surface area contributed by atoms with Crippen molar-refractivity contribution in [2.75, 3.05) is 18.8 Å². The largest absolute Gasteiger partial charge is 0.444 e. The van der Waals surface area contributed by atoms with Gasteiger partial charge < -0.3 is 15.8 Å². The number of nitrogens with zero attached hydrogens (tertiary/aromatic N) is 1. The van der Waals surface area contributed by atoms with Crippen molar-refractivity contribution >= 4 is 11.8 Å². The lowest BCUT2D eigenvalue weighted by Gasteiger charge is -2.22. The van der Waals surface area contributed by atoms with Crippen LogP contribution in [0.2, 0.25) is 0 Å². The van der Waals surface area contributed by atoms with Crippen LogP contribution in [0.3, 0.4) is 0 Å². The van der Waals surface area contributed by atoms with Crippen LogP contribution in [0.1, 0.15) is 32.8 Å². The number of rotatable bonds is 3. The molecule has 116 valence electrons. The van der Waals surface area contributed by atoms with Gasteiger partial charge in [0.15, 0.2) is 0 Å². The number of anilines is 1. The number of benzene rings is 1. The van der Waals surface area contributed by atoms with Crippen LogP contribution in [-0.2, 0) is 11.3 Å². The van der Waals surface area contributed by atoms with E-state index in [0.717, 1.165) is 31.7 Å². The summed E-state index contributed by atoms with van der Waals surface area (Å²) < 4.78 is 5.28. The number of carbonyl (C=O) groups excluding carboxylic acids is 1. The number of likely N-dealkylation sites (tertiary alicyclic amines) is 1. The molecule has 1 unspecified atom stereocenters. The third kappa shape index (κ3) is 5.27. The Hall–Kier alpha value is -1.75. The lowest BCUT2D eigenvalue weighted by Crippen LogP contribution is -2.40. The van der Waals surface area contributed by atoms with Crippen molar-refractivity contribution < 1.29 is 9.53 Å². The molecule has 0 spiro atoms. The smallest absolute Gasteiger partial charge is 0.407 e. The fourth-order valence-corrected chi connectivity index (χ4v) is 2.45. The van der Waals surface area contributed by atoms with E-state index in [1.807, 2.05) is 45.0 Å². The molecule has 5 heteroatoms. The Balaban J connectivity index is 1.78.